The van der Waals surface area contributed by atoms with Crippen molar-refractivity contribution in [3.63, 3.8) is 0 Å². The van der Waals surface area contributed by atoms with Gasteiger partial charge in [0.05, 0.1) is 10.1 Å². The Morgan fingerprint density at radius 3 is 2.46 bits per heavy atom. The van der Waals surface area contributed by atoms with Crippen LogP contribution in [0, 0.1) is 0 Å². The van der Waals surface area contributed by atoms with Crippen molar-refractivity contribution in [2.24, 2.45) is 0 Å². The van der Waals surface area contributed by atoms with Crippen LogP contribution in [0.4, 0.5) is 5.69 Å². The number of carboxylic acids is 1. The molecule has 0 bridgehead atoms. The number of hydrogen-bond donors (Lipinski definition) is 1. The third kappa shape index (κ3) is 4.35. The van der Waals surface area contributed by atoms with Gasteiger partial charge in [0.25, 0.3) is 0 Å². The van der Waals surface area contributed by atoms with E-state index in [1.165, 1.54) is 0 Å². The summed E-state index contributed by atoms with van der Waals surface area (Å²) in [6.07, 6.45) is 0. The fraction of sp³-hybridized carbons (Fsp3) is 0. The van der Waals surface area contributed by atoms with Crippen molar-refractivity contribution in [1.29, 1.82) is 0 Å². The van der Waals surface area contributed by atoms with Gasteiger partial charge in [0.1, 0.15) is 0 Å². The maximum Gasteiger partial charge on any atom is 1.00 e. The van der Waals surface area contributed by atoms with Gasteiger partial charge in [0.2, 0.25) is 0 Å². The second-order valence-corrected chi connectivity index (χ2v) is 1.78. The molecule has 0 radical (unpaired) electrons. The van der Waals surface area contributed by atoms with Gasteiger partial charge in [-0.3, -0.25) is 0 Å². The molecule has 2 N–H and O–H groups in total. The molecule has 4 nitrogen and oxygen atoms in total. The van der Waals surface area contributed by atoms with Gasteiger partial charge in [-0.05, 0) is 17.6 Å². The fourth-order valence-corrected chi connectivity index (χ4v) is 0.553. The number of hydrogen-bond acceptors (Lipinski definition) is 4. The number of anilines is 1. The van der Waals surface area contributed by atoms with Crippen molar-refractivity contribution in [2.75, 3.05) is 5.73 Å². The summed E-state index contributed by atoms with van der Waals surface area (Å²) in [6, 6.07) is -2.24. The molecule has 0 amide bonds. The topological polar surface area (TPSA) is 89.2 Å². The Bertz CT molecular complexity index is 399. The molecule has 0 atom stereocenters. The monoisotopic (exact) mass is 200 g/mol. The summed E-state index contributed by atoms with van der Waals surface area (Å²) in [4.78, 5) is 10.4. The van der Waals surface area contributed by atoms with Crippen LogP contribution in [0.1, 0.15) is 14.5 Å². The van der Waals surface area contributed by atoms with Gasteiger partial charge in [-0.15, -0.1) is 0 Å². The summed E-state index contributed by atoms with van der Waals surface area (Å²) in [5.41, 5.74) is 3.69. The molecule has 58 valence electrons. The quantitative estimate of drug-likeness (QED) is 0.360. The number of benzene rings is 1. The molecule has 0 aliphatic heterocycles. The van der Waals surface area contributed by atoms with E-state index in [0.29, 0.717) is 0 Å². The van der Waals surface area contributed by atoms with Crippen LogP contribution in [-0.4, -0.2) is 5.97 Å². The first kappa shape index (κ1) is 9.83. The van der Waals surface area contributed by atoms with Gasteiger partial charge in [0, 0.05) is 5.69 Å². The van der Waals surface area contributed by atoms with Crippen LogP contribution in [0.2, 0.25) is 0 Å². The number of carbonyl (C=O) groups is 1. The van der Waals surface area contributed by atoms with E-state index in [1.54, 1.807) is 0 Å². The van der Waals surface area contributed by atoms with Crippen LogP contribution in [-0.2, 0) is 0 Å². The molecule has 0 aliphatic carbocycles. The minimum atomic E-state index is -1.86. The van der Waals surface area contributed by atoms with Crippen LogP contribution >= 0.6 is 0 Å². The predicted molar refractivity (Wildman–Crippen MR) is 34.6 cm³/mol. The standard InChI is InChI=1S/C7H7NO3.2Na/c8-4-1-2-6(9)5(3-4)7(10)11;;/h1-3,9H,8H2,(H,10,11);;/q;2*+1/p-2/i1D,2D,3D;;. The Kier molecular flexibility index (Phi) is 5.07. The number of nitrogen functional groups attached to an aromatic ring is 1. The molecule has 0 spiro atoms. The van der Waals surface area contributed by atoms with E-state index in [-0.39, 0.29) is 59.1 Å². The van der Waals surface area contributed by atoms with Crippen LogP contribution in [0.3, 0.4) is 0 Å². The summed E-state index contributed by atoms with van der Waals surface area (Å²) in [5.74, 6) is -3.07. The Morgan fingerprint density at radius 2 is 2.00 bits per heavy atom. The normalized spacial score (nSPS) is 11.2. The second kappa shape index (κ2) is 6.70. The SMILES string of the molecule is [2H]c1c([2H])c([O-])c(C(=O)[O-])c([2H])c1N.[Na+].[Na+]. The molecule has 0 heterocycles. The number of rotatable bonds is 1. The van der Waals surface area contributed by atoms with E-state index in [0.717, 1.165) is 0 Å². The maximum atomic E-state index is 11.1. The van der Waals surface area contributed by atoms with Crippen molar-refractivity contribution in [2.45, 2.75) is 0 Å². The Labute approximate surface area is 124 Å². The van der Waals surface area contributed by atoms with E-state index >= 15 is 0 Å². The molecule has 1 aromatic carbocycles. The molecular weight excluding hydrogens is 192 g/mol. The van der Waals surface area contributed by atoms with E-state index in [1.807, 2.05) is 0 Å². The van der Waals surface area contributed by atoms with Crippen molar-refractivity contribution in [3.8, 4) is 5.75 Å². The fourth-order valence-electron chi connectivity index (χ4n) is 0.553. The zero-order chi connectivity index (χ0) is 11.0. The number of carboxylic acid groups (broad SMARTS) is 1. The largest absolute Gasteiger partial charge is 1.00 e. The molecule has 1 rings (SSSR count). The maximum absolute atomic E-state index is 11.1. The Morgan fingerprint density at radius 1 is 1.46 bits per heavy atom. The molecule has 1 aromatic rings. The predicted octanol–water partition coefficient (Wildman–Crippen LogP) is -7.29. The molecule has 0 saturated carbocycles. The molecule has 13 heavy (non-hydrogen) atoms. The summed E-state index contributed by atoms with van der Waals surface area (Å²) >= 11 is 0. The molecule has 0 aliphatic rings. The second-order valence-electron chi connectivity index (χ2n) is 1.78. The molecule has 0 unspecified atom stereocenters. The van der Waals surface area contributed by atoms with Gasteiger partial charge >= 0.3 is 59.1 Å². The first-order valence-electron chi connectivity index (χ1n) is 4.15. The minimum absolute atomic E-state index is 0. The molecule has 6 heteroatoms. The summed E-state index contributed by atoms with van der Waals surface area (Å²) in [6.45, 7) is 0. The first-order valence-corrected chi connectivity index (χ1v) is 2.65. The van der Waals surface area contributed by atoms with Gasteiger partial charge in [-0.1, -0.05) is 11.8 Å². The Hall–Kier alpha value is 0.290. The molecule has 0 fully saturated rings. The van der Waals surface area contributed by atoms with Crippen LogP contribution in [0.5, 0.6) is 5.75 Å². The van der Waals surface area contributed by atoms with Crippen molar-refractivity contribution < 1.29 is 78.2 Å². The van der Waals surface area contributed by atoms with Crippen molar-refractivity contribution in [1.82, 2.24) is 0 Å². The van der Waals surface area contributed by atoms with E-state index in [2.05, 4.69) is 0 Å². The molecule has 0 saturated heterocycles. The van der Waals surface area contributed by atoms with Gasteiger partial charge in [0.15, 0.2) is 0 Å². The third-order valence-electron chi connectivity index (χ3n) is 1.00. The molecule has 0 aromatic heterocycles. The summed E-state index contributed by atoms with van der Waals surface area (Å²) < 4.78 is 21.3. The van der Waals surface area contributed by atoms with Gasteiger partial charge in [-0.25, -0.2) is 0 Å². The van der Waals surface area contributed by atoms with Crippen molar-refractivity contribution in [3.05, 3.63) is 23.7 Å². The van der Waals surface area contributed by atoms with Crippen LogP contribution in [0.25, 0.3) is 0 Å². The summed E-state index contributed by atoms with van der Waals surface area (Å²) in [7, 11) is 0. The smallest absolute Gasteiger partial charge is 0.872 e. The first-order chi connectivity index (χ1) is 6.37. The summed E-state index contributed by atoms with van der Waals surface area (Å²) in [5, 5.41) is 21.5. The van der Waals surface area contributed by atoms with Gasteiger partial charge in [-0.2, -0.15) is 0 Å². The minimum Gasteiger partial charge on any atom is -0.872 e. The van der Waals surface area contributed by atoms with Gasteiger partial charge < -0.3 is 20.7 Å². The number of nitrogens with two attached hydrogens (primary N) is 1. The van der Waals surface area contributed by atoms with Crippen LogP contribution in [0.15, 0.2) is 18.1 Å². The van der Waals surface area contributed by atoms with E-state index in [9.17, 15) is 15.0 Å². The van der Waals surface area contributed by atoms with E-state index in [4.69, 9.17) is 9.85 Å². The van der Waals surface area contributed by atoms with Crippen molar-refractivity contribution >= 4 is 11.7 Å². The number of aromatic carboxylic acids is 1. The van der Waals surface area contributed by atoms with E-state index < -0.39 is 41.1 Å². The zero-order valence-electron chi connectivity index (χ0n) is 10.3. The average Bonchev–Trinajstić information content (AvgIpc) is 2.11. The Balaban J connectivity index is 0. The van der Waals surface area contributed by atoms with Crippen LogP contribution < -0.4 is 75.1 Å². The average molecular weight is 200 g/mol. The number of carbonyl (C=O) groups excluding carboxylic acids is 1. The third-order valence-corrected chi connectivity index (χ3v) is 1.00. The zero-order valence-corrected chi connectivity index (χ0v) is 11.3. The molecular formula is C7H5NNa2O3.